The van der Waals surface area contributed by atoms with Gasteiger partial charge in [-0.05, 0) is 36.6 Å². The van der Waals surface area contributed by atoms with Gasteiger partial charge in [0.05, 0.1) is 6.04 Å². The van der Waals surface area contributed by atoms with Gasteiger partial charge in [0.2, 0.25) is 5.91 Å². The maximum atomic E-state index is 11.9. The number of hydrogen-bond acceptors (Lipinski definition) is 3. The molecule has 0 fully saturated rings. The molecule has 1 amide bonds. The molecule has 0 radical (unpaired) electrons. The number of nitrogens with one attached hydrogen (secondary N) is 1. The molecule has 3 N–H and O–H groups in total. The van der Waals surface area contributed by atoms with Crippen LogP contribution in [0.25, 0.3) is 0 Å². The number of carbonyl (C=O) groups excluding carboxylic acids is 1. The largest absolute Gasteiger partial charge is 0.367 e. The standard InChI is InChI=1S/C18H21N3O.2ClH/c1-13(19)18(22)20-16-8-4-2-7-15(16)12-21-11-10-14-6-3-5-9-17(14)21;;/h2-9,13H,10-12,19H2,1H3,(H,20,22);2*1H. The second-order valence-electron chi connectivity index (χ2n) is 5.74. The van der Waals surface area contributed by atoms with E-state index in [1.54, 1.807) is 6.92 Å². The summed E-state index contributed by atoms with van der Waals surface area (Å²) in [7, 11) is 0. The Kier molecular flexibility index (Phi) is 7.55. The van der Waals surface area contributed by atoms with Gasteiger partial charge in [-0.25, -0.2) is 0 Å². The van der Waals surface area contributed by atoms with Crippen molar-refractivity contribution in [1.29, 1.82) is 0 Å². The molecule has 6 heteroatoms. The van der Waals surface area contributed by atoms with Gasteiger partial charge < -0.3 is 16.0 Å². The van der Waals surface area contributed by atoms with Gasteiger partial charge in [0.1, 0.15) is 0 Å². The van der Waals surface area contributed by atoms with Gasteiger partial charge in [0.25, 0.3) is 0 Å². The Morgan fingerprint density at radius 1 is 1.17 bits per heavy atom. The lowest BCUT2D eigenvalue weighted by Crippen LogP contribution is -2.33. The molecule has 1 heterocycles. The molecule has 1 aliphatic rings. The van der Waals surface area contributed by atoms with Crippen LogP contribution in [0.3, 0.4) is 0 Å². The van der Waals surface area contributed by atoms with Gasteiger partial charge in [-0.15, -0.1) is 24.8 Å². The van der Waals surface area contributed by atoms with E-state index in [4.69, 9.17) is 5.73 Å². The number of carbonyl (C=O) groups is 1. The van der Waals surface area contributed by atoms with Crippen molar-refractivity contribution in [3.8, 4) is 0 Å². The number of rotatable bonds is 4. The fourth-order valence-electron chi connectivity index (χ4n) is 2.80. The third kappa shape index (κ3) is 4.41. The van der Waals surface area contributed by atoms with E-state index >= 15 is 0 Å². The van der Waals surface area contributed by atoms with Crippen LogP contribution in [0.2, 0.25) is 0 Å². The van der Waals surface area contributed by atoms with Gasteiger partial charge in [0.15, 0.2) is 0 Å². The first-order valence-electron chi connectivity index (χ1n) is 7.62. The quantitative estimate of drug-likeness (QED) is 0.870. The number of halogens is 2. The Morgan fingerprint density at radius 2 is 1.83 bits per heavy atom. The monoisotopic (exact) mass is 367 g/mol. The molecule has 0 spiro atoms. The van der Waals surface area contributed by atoms with Crippen LogP contribution in [0.5, 0.6) is 0 Å². The van der Waals surface area contributed by atoms with Gasteiger partial charge in [0, 0.05) is 24.5 Å². The highest BCUT2D eigenvalue weighted by Crippen LogP contribution is 2.30. The van der Waals surface area contributed by atoms with Crippen molar-refractivity contribution in [2.75, 3.05) is 16.8 Å². The van der Waals surface area contributed by atoms with Crippen molar-refractivity contribution < 1.29 is 4.79 Å². The van der Waals surface area contributed by atoms with Crippen molar-refractivity contribution in [3.05, 3.63) is 59.7 Å². The fraction of sp³-hybridized carbons (Fsp3) is 0.278. The van der Waals surface area contributed by atoms with E-state index in [1.807, 2.05) is 18.2 Å². The van der Waals surface area contributed by atoms with Crippen LogP contribution in [0.1, 0.15) is 18.1 Å². The number of benzene rings is 2. The van der Waals surface area contributed by atoms with E-state index in [1.165, 1.54) is 11.3 Å². The smallest absolute Gasteiger partial charge is 0.241 e. The molecular weight excluding hydrogens is 345 g/mol. The van der Waals surface area contributed by atoms with Crippen LogP contribution in [-0.2, 0) is 17.8 Å². The number of nitrogens with two attached hydrogens (primary N) is 1. The van der Waals surface area contributed by atoms with Crippen molar-refractivity contribution in [2.24, 2.45) is 5.73 Å². The molecule has 0 saturated heterocycles. The summed E-state index contributed by atoms with van der Waals surface area (Å²) in [4.78, 5) is 14.2. The lowest BCUT2D eigenvalue weighted by molar-refractivity contribution is -0.117. The number of anilines is 2. The Morgan fingerprint density at radius 3 is 2.58 bits per heavy atom. The highest BCUT2D eigenvalue weighted by molar-refractivity contribution is 5.95. The first-order chi connectivity index (χ1) is 10.6. The lowest BCUT2D eigenvalue weighted by atomic mass is 10.1. The summed E-state index contributed by atoms with van der Waals surface area (Å²) in [5.41, 5.74) is 10.3. The molecule has 2 aromatic carbocycles. The van der Waals surface area contributed by atoms with Crippen LogP contribution in [0, 0.1) is 0 Å². The zero-order valence-electron chi connectivity index (χ0n) is 13.6. The number of nitrogens with zero attached hydrogens (tertiary/aromatic N) is 1. The molecule has 3 rings (SSSR count). The number of para-hydroxylation sites is 2. The summed E-state index contributed by atoms with van der Waals surface area (Å²) in [5, 5.41) is 2.92. The second-order valence-corrected chi connectivity index (χ2v) is 5.74. The van der Waals surface area contributed by atoms with Crippen molar-refractivity contribution in [1.82, 2.24) is 0 Å². The van der Waals surface area contributed by atoms with Crippen molar-refractivity contribution >= 4 is 42.1 Å². The molecule has 1 atom stereocenters. The zero-order valence-corrected chi connectivity index (χ0v) is 15.2. The molecule has 4 nitrogen and oxygen atoms in total. The van der Waals surface area contributed by atoms with Gasteiger partial charge in [-0.3, -0.25) is 4.79 Å². The van der Waals surface area contributed by atoms with Gasteiger partial charge in [-0.2, -0.15) is 0 Å². The van der Waals surface area contributed by atoms with Gasteiger partial charge in [-0.1, -0.05) is 36.4 Å². The number of amides is 1. The van der Waals surface area contributed by atoms with E-state index < -0.39 is 6.04 Å². The lowest BCUT2D eigenvalue weighted by Gasteiger charge is -2.21. The average molecular weight is 368 g/mol. The maximum absolute atomic E-state index is 11.9. The molecule has 24 heavy (non-hydrogen) atoms. The van der Waals surface area contributed by atoms with Crippen LogP contribution < -0.4 is 16.0 Å². The SMILES string of the molecule is CC(N)C(=O)Nc1ccccc1CN1CCc2ccccc21.Cl.Cl. The van der Waals surface area contributed by atoms with Crippen LogP contribution >= 0.6 is 24.8 Å². The van der Waals surface area contributed by atoms with Crippen molar-refractivity contribution in [3.63, 3.8) is 0 Å². The highest BCUT2D eigenvalue weighted by atomic mass is 35.5. The zero-order chi connectivity index (χ0) is 15.5. The molecule has 0 aliphatic carbocycles. The van der Waals surface area contributed by atoms with Crippen LogP contribution in [0.4, 0.5) is 11.4 Å². The summed E-state index contributed by atoms with van der Waals surface area (Å²) in [5.74, 6) is -0.158. The number of hydrogen-bond donors (Lipinski definition) is 2. The minimum Gasteiger partial charge on any atom is -0.367 e. The Hall–Kier alpha value is -1.75. The first kappa shape index (κ1) is 20.3. The normalized spacial score (nSPS) is 13.3. The Bertz CT molecular complexity index is 691. The summed E-state index contributed by atoms with van der Waals surface area (Å²) in [6.45, 7) is 3.48. The Labute approximate surface area is 155 Å². The Balaban J connectivity index is 0.00000144. The summed E-state index contributed by atoms with van der Waals surface area (Å²) in [6, 6.07) is 15.9. The van der Waals surface area contributed by atoms with E-state index in [2.05, 4.69) is 40.5 Å². The van der Waals surface area contributed by atoms with E-state index in [9.17, 15) is 4.79 Å². The highest BCUT2D eigenvalue weighted by Gasteiger charge is 2.19. The first-order valence-corrected chi connectivity index (χ1v) is 7.62. The average Bonchev–Trinajstić information content (AvgIpc) is 2.92. The van der Waals surface area contributed by atoms with E-state index in [-0.39, 0.29) is 30.7 Å². The van der Waals surface area contributed by atoms with Crippen LogP contribution in [-0.4, -0.2) is 18.5 Å². The molecule has 1 aliphatic heterocycles. The second kappa shape index (κ2) is 8.92. The van der Waals surface area contributed by atoms with E-state index in [0.717, 1.165) is 30.8 Å². The summed E-state index contributed by atoms with van der Waals surface area (Å²) in [6.07, 6.45) is 1.07. The molecular formula is C18H23Cl2N3O. The van der Waals surface area contributed by atoms with Gasteiger partial charge >= 0.3 is 0 Å². The van der Waals surface area contributed by atoms with Crippen LogP contribution in [0.15, 0.2) is 48.5 Å². The minimum atomic E-state index is -0.513. The summed E-state index contributed by atoms with van der Waals surface area (Å²) >= 11 is 0. The maximum Gasteiger partial charge on any atom is 0.241 e. The molecule has 2 aromatic rings. The molecule has 0 saturated carbocycles. The van der Waals surface area contributed by atoms with E-state index in [0.29, 0.717) is 0 Å². The fourth-order valence-corrected chi connectivity index (χ4v) is 2.80. The van der Waals surface area contributed by atoms with Crippen molar-refractivity contribution in [2.45, 2.75) is 25.9 Å². The summed E-state index contributed by atoms with van der Waals surface area (Å²) < 4.78 is 0. The third-order valence-corrected chi connectivity index (χ3v) is 4.03. The molecule has 130 valence electrons. The number of fused-ring (bicyclic) bond motifs is 1. The topological polar surface area (TPSA) is 58.4 Å². The minimum absolute atomic E-state index is 0. The predicted molar refractivity (Wildman–Crippen MR) is 104 cm³/mol. The molecule has 1 unspecified atom stereocenters. The third-order valence-electron chi connectivity index (χ3n) is 4.03. The molecule has 0 aromatic heterocycles. The predicted octanol–water partition coefficient (Wildman–Crippen LogP) is 3.38. The molecule has 0 bridgehead atoms.